The summed E-state index contributed by atoms with van der Waals surface area (Å²) in [6.45, 7) is 0.455. The average molecular weight is 272 g/mol. The van der Waals surface area contributed by atoms with Crippen LogP contribution in [0.25, 0.3) is 0 Å². The van der Waals surface area contributed by atoms with Gasteiger partial charge in [-0.1, -0.05) is 0 Å². The van der Waals surface area contributed by atoms with Gasteiger partial charge in [-0.2, -0.15) is 13.2 Å². The lowest BCUT2D eigenvalue weighted by Gasteiger charge is -2.36. The summed E-state index contributed by atoms with van der Waals surface area (Å²) in [6.07, 6.45) is -1.53. The monoisotopic (exact) mass is 272 g/mol. The zero-order valence-electron chi connectivity index (χ0n) is 10.3. The number of alkyl halides is 3. The number of aldehydes is 1. The molecule has 1 fully saturated rings. The molecule has 2 N–H and O–H groups in total. The van der Waals surface area contributed by atoms with Crippen molar-refractivity contribution in [3.8, 4) is 0 Å². The minimum Gasteiger partial charge on any atom is -0.399 e. The van der Waals surface area contributed by atoms with E-state index in [-0.39, 0.29) is 11.4 Å². The maximum atomic E-state index is 13.0. The van der Waals surface area contributed by atoms with E-state index in [2.05, 4.69) is 0 Å². The van der Waals surface area contributed by atoms with Gasteiger partial charge < -0.3 is 15.4 Å². The molecule has 6 heteroatoms. The van der Waals surface area contributed by atoms with E-state index in [1.165, 1.54) is 17.0 Å². The van der Waals surface area contributed by atoms with Crippen LogP contribution in [0.2, 0.25) is 0 Å². The molecule has 1 aromatic carbocycles. The van der Waals surface area contributed by atoms with Crippen molar-refractivity contribution < 1.29 is 18.0 Å². The molecule has 0 aromatic heterocycles. The van der Waals surface area contributed by atoms with Crippen molar-refractivity contribution in [3.05, 3.63) is 23.8 Å². The highest BCUT2D eigenvalue weighted by molar-refractivity contribution is 5.70. The maximum absolute atomic E-state index is 13.0. The van der Waals surface area contributed by atoms with Gasteiger partial charge >= 0.3 is 6.18 Å². The van der Waals surface area contributed by atoms with Crippen LogP contribution in [0.15, 0.2) is 18.2 Å². The summed E-state index contributed by atoms with van der Waals surface area (Å²) in [7, 11) is 0. The fourth-order valence-electron chi connectivity index (χ4n) is 2.43. The molecule has 1 heterocycles. The van der Waals surface area contributed by atoms with Crippen molar-refractivity contribution in [1.82, 2.24) is 0 Å². The second-order valence-electron chi connectivity index (χ2n) is 4.67. The molecule has 1 saturated heterocycles. The number of carbonyl (C=O) groups is 1. The third-order valence-electron chi connectivity index (χ3n) is 3.34. The number of rotatable bonds is 2. The summed E-state index contributed by atoms with van der Waals surface area (Å²) in [5.41, 5.74) is 4.76. The molecular weight excluding hydrogens is 257 g/mol. The molecule has 1 atom stereocenters. The van der Waals surface area contributed by atoms with E-state index in [4.69, 9.17) is 5.73 Å². The molecule has 0 amide bonds. The van der Waals surface area contributed by atoms with Gasteiger partial charge in [0, 0.05) is 17.9 Å². The lowest BCUT2D eigenvalue weighted by Crippen LogP contribution is -2.41. The number of hydrogen-bond donors (Lipinski definition) is 1. The van der Waals surface area contributed by atoms with Gasteiger partial charge in [-0.05, 0) is 37.5 Å². The van der Waals surface area contributed by atoms with Crippen LogP contribution in [0.3, 0.4) is 0 Å². The van der Waals surface area contributed by atoms with Crippen LogP contribution in [0.4, 0.5) is 24.5 Å². The molecule has 19 heavy (non-hydrogen) atoms. The van der Waals surface area contributed by atoms with E-state index in [0.29, 0.717) is 13.0 Å². The Hall–Kier alpha value is -1.72. The average Bonchev–Trinajstić information content (AvgIpc) is 2.37. The van der Waals surface area contributed by atoms with Gasteiger partial charge in [0.1, 0.15) is 6.29 Å². The van der Waals surface area contributed by atoms with Crippen LogP contribution in [-0.4, -0.2) is 18.9 Å². The highest BCUT2D eigenvalue weighted by Gasteiger charge is 2.36. The number of piperidine rings is 1. The highest BCUT2D eigenvalue weighted by atomic mass is 19.4. The summed E-state index contributed by atoms with van der Waals surface area (Å²) in [5.74, 6) is 0. The van der Waals surface area contributed by atoms with E-state index in [1.807, 2.05) is 0 Å². The number of nitrogen functional groups attached to an aromatic ring is 1. The van der Waals surface area contributed by atoms with E-state index in [1.54, 1.807) is 0 Å². The molecule has 1 aliphatic rings. The predicted molar refractivity (Wildman–Crippen MR) is 66.9 cm³/mol. The zero-order valence-corrected chi connectivity index (χ0v) is 10.3. The topological polar surface area (TPSA) is 46.3 Å². The highest BCUT2D eigenvalue weighted by Crippen LogP contribution is 2.39. The summed E-state index contributed by atoms with van der Waals surface area (Å²) in [5, 5.41) is 0. The molecule has 2 rings (SSSR count). The Kier molecular flexibility index (Phi) is 3.68. The predicted octanol–water partition coefficient (Wildman–Crippen LogP) is 2.85. The Morgan fingerprint density at radius 2 is 2.05 bits per heavy atom. The standard InChI is InChI=1S/C13H15F3N2O/c14-13(15,16)11-7-9(17)4-5-12(11)18-6-2-1-3-10(18)8-19/h4-5,7-8,10H,1-3,6,17H2. The minimum atomic E-state index is -4.48. The normalized spacial score (nSPS) is 20.4. The Morgan fingerprint density at radius 3 is 2.68 bits per heavy atom. The largest absolute Gasteiger partial charge is 0.418 e. The first-order chi connectivity index (χ1) is 8.93. The van der Waals surface area contributed by atoms with E-state index in [9.17, 15) is 18.0 Å². The molecule has 0 aliphatic carbocycles. The first kappa shape index (κ1) is 13.7. The summed E-state index contributed by atoms with van der Waals surface area (Å²) in [6, 6.07) is 3.21. The number of halogens is 3. The Morgan fingerprint density at radius 1 is 1.32 bits per heavy atom. The quantitative estimate of drug-likeness (QED) is 0.665. The molecule has 104 valence electrons. The second-order valence-corrected chi connectivity index (χ2v) is 4.67. The van der Waals surface area contributed by atoms with Crippen molar-refractivity contribution >= 4 is 17.7 Å². The lowest BCUT2D eigenvalue weighted by molar-refractivity contribution is -0.137. The summed E-state index contributed by atoms with van der Waals surface area (Å²) in [4.78, 5) is 12.6. The van der Waals surface area contributed by atoms with Crippen LogP contribution < -0.4 is 10.6 Å². The molecule has 1 unspecified atom stereocenters. The number of hydrogen-bond acceptors (Lipinski definition) is 3. The summed E-state index contributed by atoms with van der Waals surface area (Å²) >= 11 is 0. The first-order valence-corrected chi connectivity index (χ1v) is 6.12. The summed E-state index contributed by atoms with van der Waals surface area (Å²) < 4.78 is 39.1. The van der Waals surface area contributed by atoms with Gasteiger partial charge in [0.05, 0.1) is 11.6 Å². The van der Waals surface area contributed by atoms with Crippen LogP contribution in [0.5, 0.6) is 0 Å². The van der Waals surface area contributed by atoms with Crippen LogP contribution in [-0.2, 0) is 11.0 Å². The number of carbonyl (C=O) groups excluding carboxylic acids is 1. The SMILES string of the molecule is Nc1ccc(N2CCCCC2C=O)c(C(F)(F)F)c1. The fourth-order valence-corrected chi connectivity index (χ4v) is 2.43. The lowest BCUT2D eigenvalue weighted by atomic mass is 10.0. The van der Waals surface area contributed by atoms with Crippen LogP contribution in [0, 0.1) is 0 Å². The van der Waals surface area contributed by atoms with Crippen molar-refractivity contribution in [3.63, 3.8) is 0 Å². The van der Waals surface area contributed by atoms with Gasteiger partial charge in [-0.3, -0.25) is 0 Å². The van der Waals surface area contributed by atoms with Gasteiger partial charge in [-0.25, -0.2) is 0 Å². The molecule has 3 nitrogen and oxygen atoms in total. The van der Waals surface area contributed by atoms with Crippen molar-refractivity contribution in [2.24, 2.45) is 0 Å². The van der Waals surface area contributed by atoms with Gasteiger partial charge in [0.15, 0.2) is 0 Å². The maximum Gasteiger partial charge on any atom is 0.418 e. The second kappa shape index (κ2) is 5.11. The zero-order chi connectivity index (χ0) is 14.0. The number of nitrogens with two attached hydrogens (primary N) is 1. The van der Waals surface area contributed by atoms with E-state index in [0.717, 1.165) is 25.2 Å². The first-order valence-electron chi connectivity index (χ1n) is 6.12. The van der Waals surface area contributed by atoms with Gasteiger partial charge in [-0.15, -0.1) is 0 Å². The minimum absolute atomic E-state index is 0.0403. The molecule has 1 aliphatic heterocycles. The molecule has 0 saturated carbocycles. The van der Waals surface area contributed by atoms with E-state index >= 15 is 0 Å². The molecule has 0 bridgehead atoms. The van der Waals surface area contributed by atoms with Gasteiger partial charge in [0.25, 0.3) is 0 Å². The molecular formula is C13H15F3N2O. The smallest absolute Gasteiger partial charge is 0.399 e. The Labute approximate surface area is 109 Å². The third-order valence-corrected chi connectivity index (χ3v) is 3.34. The molecule has 0 radical (unpaired) electrons. The number of anilines is 2. The Bertz CT molecular complexity index is 473. The number of benzene rings is 1. The van der Waals surface area contributed by atoms with Crippen molar-refractivity contribution in [2.45, 2.75) is 31.5 Å². The van der Waals surface area contributed by atoms with Crippen molar-refractivity contribution in [2.75, 3.05) is 17.2 Å². The third kappa shape index (κ3) is 2.83. The van der Waals surface area contributed by atoms with E-state index < -0.39 is 17.8 Å². The van der Waals surface area contributed by atoms with Crippen molar-refractivity contribution in [1.29, 1.82) is 0 Å². The Balaban J connectivity index is 2.45. The van der Waals surface area contributed by atoms with Crippen LogP contribution in [0.1, 0.15) is 24.8 Å². The van der Waals surface area contributed by atoms with Gasteiger partial charge in [0.2, 0.25) is 0 Å². The van der Waals surface area contributed by atoms with Crippen LogP contribution >= 0.6 is 0 Å². The molecule has 0 spiro atoms. The molecule has 1 aromatic rings. The number of nitrogens with zero attached hydrogens (tertiary/aromatic N) is 1. The fraction of sp³-hybridized carbons (Fsp3) is 0.462.